The van der Waals surface area contributed by atoms with E-state index < -0.39 is 120 Å². The number of carbonyl (C=O) groups is 8. The predicted octanol–water partition coefficient (Wildman–Crippen LogP) is -1.63. The number of aliphatic hydroxyl groups excluding tert-OH is 1. The van der Waals surface area contributed by atoms with Gasteiger partial charge in [0.1, 0.15) is 42.3 Å². The summed E-state index contributed by atoms with van der Waals surface area (Å²) in [4.78, 5) is 110. The van der Waals surface area contributed by atoms with Gasteiger partial charge >= 0.3 is 0 Å². The largest absolute Gasteiger partial charge is 0.394 e. The molecule has 2 aliphatic heterocycles. The maximum absolute atomic E-state index is 14.0. The molecule has 54 heavy (non-hydrogen) atoms. The van der Waals surface area contributed by atoms with Gasteiger partial charge in [-0.1, -0.05) is 78.3 Å². The van der Waals surface area contributed by atoms with Crippen LogP contribution in [-0.4, -0.2) is 113 Å². The van der Waals surface area contributed by atoms with E-state index in [1.165, 1.54) is 4.90 Å². The third kappa shape index (κ3) is 11.5. The minimum Gasteiger partial charge on any atom is -0.394 e. The Morgan fingerprint density at radius 2 is 1.24 bits per heavy atom. The molecule has 298 valence electrons. The van der Waals surface area contributed by atoms with Gasteiger partial charge in [0.25, 0.3) is 0 Å². The molecule has 2 saturated heterocycles. The summed E-state index contributed by atoms with van der Waals surface area (Å²) < 4.78 is 0. The van der Waals surface area contributed by atoms with Gasteiger partial charge in [0.2, 0.25) is 47.3 Å². The molecular formula is C37H56N8O9. The molecule has 2 aliphatic rings. The molecule has 0 radical (unpaired) electrons. The van der Waals surface area contributed by atoms with Gasteiger partial charge in [-0.3, -0.25) is 38.4 Å². The number of carbonyl (C=O) groups excluding carboxylic acids is 8. The zero-order valence-corrected chi connectivity index (χ0v) is 31.8. The van der Waals surface area contributed by atoms with E-state index in [1.807, 2.05) is 0 Å². The fraction of sp³-hybridized carbons (Fsp3) is 0.622. The van der Waals surface area contributed by atoms with E-state index in [0.717, 1.165) is 0 Å². The average molecular weight is 757 g/mol. The summed E-state index contributed by atoms with van der Waals surface area (Å²) in [5, 5.41) is 25.8. The number of amides is 8. The van der Waals surface area contributed by atoms with E-state index >= 15 is 0 Å². The van der Waals surface area contributed by atoms with E-state index in [1.54, 1.807) is 71.9 Å². The average Bonchev–Trinajstić information content (AvgIpc) is 3.62. The highest BCUT2D eigenvalue weighted by atomic mass is 16.3. The molecule has 2 fully saturated rings. The van der Waals surface area contributed by atoms with Crippen LogP contribution >= 0.6 is 0 Å². The second kappa shape index (κ2) is 19.9. The summed E-state index contributed by atoms with van der Waals surface area (Å²) >= 11 is 0. The number of hydrogen-bond donors (Lipinski definition) is 8. The van der Waals surface area contributed by atoms with Crippen molar-refractivity contribution in [2.75, 3.05) is 13.2 Å². The van der Waals surface area contributed by atoms with Crippen LogP contribution < -0.4 is 37.6 Å². The molecule has 8 amide bonds. The van der Waals surface area contributed by atoms with Gasteiger partial charge in [-0.2, -0.15) is 0 Å². The lowest BCUT2D eigenvalue weighted by atomic mass is 9.97. The SMILES string of the molecule is CC[C@H](C)[C@@H]1NC(=O)[C@H](CC(N)=O)NC(=O)[C@H](C(C)C)NC(=O)[C@H](Cc2ccccc2)NC(=O)[C@@H]2CCCN2C(=O)[C@H](C(C)C)NC(=O)[C@H](CO)NC1=O. The second-order valence-electron chi connectivity index (χ2n) is 14.7. The Morgan fingerprint density at radius 3 is 1.81 bits per heavy atom. The smallest absolute Gasteiger partial charge is 0.246 e. The molecule has 17 heteroatoms. The molecule has 1 aromatic carbocycles. The minimum atomic E-state index is -1.57. The summed E-state index contributed by atoms with van der Waals surface area (Å²) in [6.07, 6.45) is 0.506. The summed E-state index contributed by atoms with van der Waals surface area (Å²) in [7, 11) is 0. The monoisotopic (exact) mass is 756 g/mol. The molecule has 0 saturated carbocycles. The highest BCUT2D eigenvalue weighted by Crippen LogP contribution is 2.21. The van der Waals surface area contributed by atoms with Gasteiger partial charge in [0.05, 0.1) is 13.0 Å². The van der Waals surface area contributed by atoms with Crippen LogP contribution in [0.4, 0.5) is 0 Å². The molecule has 3 rings (SSSR count). The fourth-order valence-corrected chi connectivity index (χ4v) is 6.45. The van der Waals surface area contributed by atoms with Gasteiger partial charge in [-0.05, 0) is 36.2 Å². The van der Waals surface area contributed by atoms with Crippen molar-refractivity contribution in [1.29, 1.82) is 0 Å². The van der Waals surface area contributed by atoms with E-state index in [4.69, 9.17) is 5.73 Å². The Balaban J connectivity index is 2.12. The summed E-state index contributed by atoms with van der Waals surface area (Å²) in [6.45, 7) is 9.46. The van der Waals surface area contributed by atoms with Crippen LogP contribution in [0.2, 0.25) is 0 Å². The number of fused-ring (bicyclic) bond motifs is 1. The Hall–Kier alpha value is -5.06. The van der Waals surface area contributed by atoms with Crippen LogP contribution in [0.5, 0.6) is 0 Å². The van der Waals surface area contributed by atoms with Crippen LogP contribution in [0, 0.1) is 17.8 Å². The van der Waals surface area contributed by atoms with E-state index in [-0.39, 0.29) is 19.4 Å². The molecule has 1 aromatic rings. The van der Waals surface area contributed by atoms with Gasteiger partial charge < -0.3 is 47.6 Å². The molecule has 0 spiro atoms. The van der Waals surface area contributed by atoms with Crippen LogP contribution in [0.25, 0.3) is 0 Å². The number of primary amides is 1. The Kier molecular flexibility index (Phi) is 15.9. The first-order valence-corrected chi connectivity index (χ1v) is 18.5. The molecule has 8 atom stereocenters. The zero-order chi connectivity index (χ0) is 40.3. The van der Waals surface area contributed by atoms with E-state index in [0.29, 0.717) is 18.4 Å². The van der Waals surface area contributed by atoms with Gasteiger partial charge in [0, 0.05) is 13.0 Å². The van der Waals surface area contributed by atoms with Crippen molar-refractivity contribution in [3.05, 3.63) is 35.9 Å². The molecule has 0 aromatic heterocycles. The Morgan fingerprint density at radius 1 is 0.722 bits per heavy atom. The second-order valence-corrected chi connectivity index (χ2v) is 14.7. The molecule has 0 unspecified atom stereocenters. The lowest BCUT2D eigenvalue weighted by molar-refractivity contribution is -0.143. The first-order chi connectivity index (χ1) is 25.5. The van der Waals surface area contributed by atoms with Crippen LogP contribution in [0.3, 0.4) is 0 Å². The lowest BCUT2D eigenvalue weighted by Crippen LogP contribution is -2.62. The number of rotatable bonds is 9. The first kappa shape index (κ1) is 43.3. The number of nitrogens with one attached hydrogen (secondary N) is 6. The first-order valence-electron chi connectivity index (χ1n) is 18.5. The third-order valence-corrected chi connectivity index (χ3v) is 9.88. The quantitative estimate of drug-likeness (QED) is 0.144. The molecule has 2 heterocycles. The van der Waals surface area contributed by atoms with E-state index in [9.17, 15) is 43.5 Å². The van der Waals surface area contributed by atoms with Crippen molar-refractivity contribution in [1.82, 2.24) is 36.8 Å². The zero-order valence-electron chi connectivity index (χ0n) is 31.8. The van der Waals surface area contributed by atoms with Crippen molar-refractivity contribution in [2.24, 2.45) is 23.5 Å². The van der Waals surface area contributed by atoms with Crippen molar-refractivity contribution in [3.63, 3.8) is 0 Å². The number of nitrogens with two attached hydrogens (primary N) is 1. The third-order valence-electron chi connectivity index (χ3n) is 9.88. The normalized spacial score (nSPS) is 27.5. The van der Waals surface area contributed by atoms with Crippen molar-refractivity contribution >= 4 is 47.3 Å². The molecule has 9 N–H and O–H groups in total. The number of aliphatic hydroxyl groups is 1. The van der Waals surface area contributed by atoms with Crippen LogP contribution in [0.1, 0.15) is 72.8 Å². The van der Waals surface area contributed by atoms with Crippen molar-refractivity contribution in [2.45, 2.75) is 116 Å². The summed E-state index contributed by atoms with van der Waals surface area (Å²) in [5.41, 5.74) is 6.14. The fourth-order valence-electron chi connectivity index (χ4n) is 6.45. The molecule has 0 aliphatic carbocycles. The highest BCUT2D eigenvalue weighted by Gasteiger charge is 2.41. The minimum absolute atomic E-state index is 0.0312. The number of hydrogen-bond acceptors (Lipinski definition) is 9. The van der Waals surface area contributed by atoms with Gasteiger partial charge in [0.15, 0.2) is 0 Å². The molecule has 0 bridgehead atoms. The van der Waals surface area contributed by atoms with Crippen molar-refractivity contribution < 1.29 is 43.5 Å². The predicted molar refractivity (Wildman–Crippen MR) is 196 cm³/mol. The topological polar surface area (TPSA) is 258 Å². The van der Waals surface area contributed by atoms with Gasteiger partial charge in [-0.25, -0.2) is 0 Å². The summed E-state index contributed by atoms with van der Waals surface area (Å²) in [6, 6.07) is -0.127. The Labute approximate surface area is 315 Å². The maximum Gasteiger partial charge on any atom is 0.246 e. The lowest BCUT2D eigenvalue weighted by Gasteiger charge is -2.32. The maximum atomic E-state index is 14.0. The highest BCUT2D eigenvalue weighted by molar-refractivity contribution is 5.99. The Bertz CT molecular complexity index is 1540. The van der Waals surface area contributed by atoms with E-state index in [2.05, 4.69) is 31.9 Å². The van der Waals surface area contributed by atoms with Crippen LogP contribution in [0.15, 0.2) is 30.3 Å². The van der Waals surface area contributed by atoms with Crippen molar-refractivity contribution in [3.8, 4) is 0 Å². The number of nitrogens with zero attached hydrogens (tertiary/aromatic N) is 1. The molecular weight excluding hydrogens is 700 g/mol. The van der Waals surface area contributed by atoms with Gasteiger partial charge in [-0.15, -0.1) is 0 Å². The number of benzene rings is 1. The van der Waals surface area contributed by atoms with Crippen LogP contribution in [-0.2, 0) is 44.8 Å². The standard InChI is InChI=1S/C37H56N8O9/c1-7-21(6)30-36(53)41-25(18-46)33(50)43-29(20(4)5)37(54)45-15-11-14-26(45)34(51)39-23(16-22-12-9-8-10-13-22)31(48)42-28(19(2)3)35(52)40-24(17-27(38)47)32(49)44-30/h8-10,12-13,19-21,23-26,28-30,46H,7,11,14-18H2,1-6H3,(H2,38,47)(H,39,51)(H,40,52)(H,41,53)(H,42,48)(H,43,50)(H,44,49)/t21-,23-,24-,25-,26-,28-,29-,30-/m0/s1. The molecule has 17 nitrogen and oxygen atoms in total. The summed E-state index contributed by atoms with van der Waals surface area (Å²) in [5.74, 6) is -7.87.